The van der Waals surface area contributed by atoms with E-state index in [0.717, 1.165) is 13.0 Å². The summed E-state index contributed by atoms with van der Waals surface area (Å²) in [5.41, 5.74) is 0.613. The molecule has 0 saturated carbocycles. The summed E-state index contributed by atoms with van der Waals surface area (Å²) >= 11 is 0. The molecule has 0 radical (unpaired) electrons. The van der Waals surface area contributed by atoms with Gasteiger partial charge >= 0.3 is 0 Å². The lowest BCUT2D eigenvalue weighted by molar-refractivity contribution is 0.0988. The molecule has 15 heavy (non-hydrogen) atoms. The van der Waals surface area contributed by atoms with Crippen molar-refractivity contribution in [1.29, 1.82) is 0 Å². The fourth-order valence-electron chi connectivity index (χ4n) is 1.08. The van der Waals surface area contributed by atoms with Gasteiger partial charge in [0, 0.05) is 12.7 Å². The smallest absolute Gasteiger partial charge is 0.213 e. The van der Waals surface area contributed by atoms with Gasteiger partial charge in [-0.25, -0.2) is 4.98 Å². The largest absolute Gasteiger partial charge is 0.475 e. The van der Waals surface area contributed by atoms with Crippen molar-refractivity contribution in [3.63, 3.8) is 0 Å². The zero-order valence-electron chi connectivity index (χ0n) is 8.98. The van der Waals surface area contributed by atoms with Crippen LogP contribution in [0.15, 0.2) is 18.2 Å². The highest BCUT2D eigenvalue weighted by molar-refractivity contribution is 5.15. The Morgan fingerprint density at radius 1 is 1.27 bits per heavy atom. The molecule has 0 atom stereocenters. The summed E-state index contributed by atoms with van der Waals surface area (Å²) in [6.45, 7) is 3.81. The number of nitrogens with zero attached hydrogens (tertiary/aromatic N) is 1. The molecule has 1 rings (SSSR count). The fourth-order valence-corrected chi connectivity index (χ4v) is 1.08. The predicted molar refractivity (Wildman–Crippen MR) is 56.8 cm³/mol. The van der Waals surface area contributed by atoms with Crippen LogP contribution in [-0.2, 0) is 11.3 Å². The van der Waals surface area contributed by atoms with Gasteiger partial charge in [0.25, 0.3) is 0 Å². The van der Waals surface area contributed by atoms with Crippen molar-refractivity contribution in [2.24, 2.45) is 0 Å². The average Bonchev–Trinajstić information content (AvgIpc) is 2.29. The Kier molecular flexibility index (Phi) is 5.73. The maximum absolute atomic E-state index is 8.86. The van der Waals surface area contributed by atoms with Gasteiger partial charge in [-0.15, -0.1) is 0 Å². The van der Waals surface area contributed by atoms with Gasteiger partial charge in [-0.05, 0) is 12.5 Å². The van der Waals surface area contributed by atoms with E-state index >= 15 is 0 Å². The van der Waals surface area contributed by atoms with E-state index in [0.29, 0.717) is 24.8 Å². The van der Waals surface area contributed by atoms with Crippen LogP contribution in [0.5, 0.6) is 5.88 Å². The van der Waals surface area contributed by atoms with Crippen LogP contribution in [0.2, 0.25) is 0 Å². The number of aromatic nitrogens is 1. The number of rotatable bonds is 7. The van der Waals surface area contributed by atoms with Crippen molar-refractivity contribution in [2.45, 2.75) is 20.0 Å². The van der Waals surface area contributed by atoms with Crippen molar-refractivity contribution < 1.29 is 14.6 Å². The summed E-state index contributed by atoms with van der Waals surface area (Å²) in [5.74, 6) is 0.529. The Balaban J connectivity index is 2.24. The summed E-state index contributed by atoms with van der Waals surface area (Å²) in [5, 5.41) is 8.86. The van der Waals surface area contributed by atoms with Gasteiger partial charge in [-0.1, -0.05) is 13.0 Å². The maximum Gasteiger partial charge on any atom is 0.213 e. The van der Waals surface area contributed by atoms with Gasteiger partial charge in [0.05, 0.1) is 18.9 Å². The van der Waals surface area contributed by atoms with Gasteiger partial charge < -0.3 is 14.6 Å². The van der Waals surface area contributed by atoms with Crippen LogP contribution in [0.4, 0.5) is 0 Å². The first-order valence-corrected chi connectivity index (χ1v) is 5.14. The van der Waals surface area contributed by atoms with E-state index in [9.17, 15) is 0 Å². The zero-order valence-corrected chi connectivity index (χ0v) is 8.98. The maximum atomic E-state index is 8.86. The Labute approximate surface area is 89.9 Å². The van der Waals surface area contributed by atoms with E-state index in [1.54, 1.807) is 18.2 Å². The molecule has 4 heteroatoms. The molecule has 0 saturated heterocycles. The monoisotopic (exact) mass is 211 g/mol. The molecule has 0 spiro atoms. The second-order valence-electron chi connectivity index (χ2n) is 3.09. The first kappa shape index (κ1) is 11.9. The summed E-state index contributed by atoms with van der Waals surface area (Å²) in [4.78, 5) is 4.08. The standard InChI is InChI=1S/C11H17NO3/c1-2-6-14-7-8-15-11-5-3-4-10(9-13)12-11/h3-5,13H,2,6-9H2,1H3. The molecule has 0 aliphatic heterocycles. The van der Waals surface area contributed by atoms with Gasteiger partial charge in [0.1, 0.15) is 6.61 Å². The van der Waals surface area contributed by atoms with Crippen molar-refractivity contribution in [3.8, 4) is 5.88 Å². The highest BCUT2D eigenvalue weighted by Gasteiger charge is 1.97. The molecule has 0 amide bonds. The van der Waals surface area contributed by atoms with E-state index in [4.69, 9.17) is 14.6 Å². The second-order valence-corrected chi connectivity index (χ2v) is 3.09. The van der Waals surface area contributed by atoms with E-state index in [2.05, 4.69) is 11.9 Å². The zero-order chi connectivity index (χ0) is 10.9. The molecule has 1 aromatic heterocycles. The van der Waals surface area contributed by atoms with Crippen LogP contribution < -0.4 is 4.74 Å². The topological polar surface area (TPSA) is 51.6 Å². The van der Waals surface area contributed by atoms with E-state index in [1.165, 1.54) is 0 Å². The van der Waals surface area contributed by atoms with Crippen molar-refractivity contribution in [2.75, 3.05) is 19.8 Å². The summed E-state index contributed by atoms with van der Waals surface area (Å²) in [6, 6.07) is 5.32. The van der Waals surface area contributed by atoms with Crippen molar-refractivity contribution >= 4 is 0 Å². The molecule has 0 aliphatic rings. The molecule has 1 heterocycles. The van der Waals surface area contributed by atoms with E-state index < -0.39 is 0 Å². The normalized spacial score (nSPS) is 10.3. The molecule has 0 fully saturated rings. The van der Waals surface area contributed by atoms with Gasteiger partial charge in [0.2, 0.25) is 5.88 Å². The van der Waals surface area contributed by atoms with Crippen LogP contribution in [0, 0.1) is 0 Å². The van der Waals surface area contributed by atoms with E-state index in [-0.39, 0.29) is 6.61 Å². The fraction of sp³-hybridized carbons (Fsp3) is 0.545. The van der Waals surface area contributed by atoms with Gasteiger partial charge in [0.15, 0.2) is 0 Å². The first-order chi connectivity index (χ1) is 7.36. The third-order valence-corrected chi connectivity index (χ3v) is 1.77. The Morgan fingerprint density at radius 2 is 2.13 bits per heavy atom. The highest BCUT2D eigenvalue weighted by Crippen LogP contribution is 2.07. The minimum absolute atomic E-state index is 0.0659. The molecule has 1 aromatic rings. The van der Waals surface area contributed by atoms with Gasteiger partial charge in [-0.2, -0.15) is 0 Å². The Morgan fingerprint density at radius 3 is 2.87 bits per heavy atom. The van der Waals surface area contributed by atoms with Crippen LogP contribution >= 0.6 is 0 Å². The number of hydrogen-bond acceptors (Lipinski definition) is 4. The number of ether oxygens (including phenoxy) is 2. The number of pyridine rings is 1. The van der Waals surface area contributed by atoms with Crippen LogP contribution in [0.1, 0.15) is 19.0 Å². The van der Waals surface area contributed by atoms with Crippen molar-refractivity contribution in [1.82, 2.24) is 4.98 Å². The lowest BCUT2D eigenvalue weighted by Crippen LogP contribution is -2.08. The molecule has 4 nitrogen and oxygen atoms in total. The van der Waals surface area contributed by atoms with Crippen LogP contribution in [-0.4, -0.2) is 29.9 Å². The second kappa shape index (κ2) is 7.20. The Bertz CT molecular complexity index is 278. The molecule has 0 aromatic carbocycles. The number of hydrogen-bond donors (Lipinski definition) is 1. The summed E-state index contributed by atoms with van der Waals surface area (Å²) in [7, 11) is 0. The minimum Gasteiger partial charge on any atom is -0.475 e. The quantitative estimate of drug-likeness (QED) is 0.692. The van der Waals surface area contributed by atoms with E-state index in [1.807, 2.05) is 0 Å². The molecular formula is C11H17NO3. The minimum atomic E-state index is -0.0659. The van der Waals surface area contributed by atoms with Gasteiger partial charge in [-0.3, -0.25) is 0 Å². The number of aliphatic hydroxyl groups is 1. The third kappa shape index (κ3) is 4.76. The molecule has 1 N–H and O–H groups in total. The predicted octanol–water partition coefficient (Wildman–Crippen LogP) is 1.38. The Hall–Kier alpha value is -1.13. The lowest BCUT2D eigenvalue weighted by atomic mass is 10.4. The average molecular weight is 211 g/mol. The molecule has 0 bridgehead atoms. The number of aliphatic hydroxyl groups excluding tert-OH is 1. The molecule has 0 unspecified atom stereocenters. The third-order valence-electron chi connectivity index (χ3n) is 1.77. The highest BCUT2D eigenvalue weighted by atomic mass is 16.5. The lowest BCUT2D eigenvalue weighted by Gasteiger charge is -2.06. The first-order valence-electron chi connectivity index (χ1n) is 5.14. The molecule has 0 aliphatic carbocycles. The summed E-state index contributed by atoms with van der Waals surface area (Å²) in [6.07, 6.45) is 1.01. The molecular weight excluding hydrogens is 194 g/mol. The van der Waals surface area contributed by atoms with Crippen LogP contribution in [0.3, 0.4) is 0 Å². The SMILES string of the molecule is CCCOCCOc1cccc(CO)n1. The van der Waals surface area contributed by atoms with Crippen LogP contribution in [0.25, 0.3) is 0 Å². The van der Waals surface area contributed by atoms with Crippen molar-refractivity contribution in [3.05, 3.63) is 23.9 Å². The molecule has 84 valence electrons. The summed E-state index contributed by atoms with van der Waals surface area (Å²) < 4.78 is 10.6.